The van der Waals surface area contributed by atoms with Gasteiger partial charge in [-0.3, -0.25) is 19.1 Å². The minimum absolute atomic E-state index is 0.0640. The summed E-state index contributed by atoms with van der Waals surface area (Å²) in [6.07, 6.45) is 6.77. The quantitative estimate of drug-likeness (QED) is 0.312. The number of rotatable bonds is 8. The summed E-state index contributed by atoms with van der Waals surface area (Å²) in [5.74, 6) is -0.299. The molecule has 0 fully saturated rings. The predicted octanol–water partition coefficient (Wildman–Crippen LogP) is 4.48. The third kappa shape index (κ3) is 4.87. The molecule has 0 atom stereocenters. The Hall–Kier alpha value is -4.37. The second-order valence-electron chi connectivity index (χ2n) is 8.24. The van der Waals surface area contributed by atoms with Gasteiger partial charge in [0.05, 0.1) is 28.5 Å². The van der Waals surface area contributed by atoms with Crippen molar-refractivity contribution in [2.45, 2.75) is 25.7 Å². The zero-order chi connectivity index (χ0) is 25.1. The summed E-state index contributed by atoms with van der Waals surface area (Å²) in [5, 5.41) is 18.4. The molecule has 180 valence electrons. The van der Waals surface area contributed by atoms with E-state index in [9.17, 15) is 9.59 Å². The lowest BCUT2D eigenvalue weighted by Gasteiger charge is -2.14. The molecule has 3 heterocycles. The van der Waals surface area contributed by atoms with Crippen LogP contribution in [0.25, 0.3) is 33.5 Å². The number of hydrogen-bond donors (Lipinski definition) is 1. The van der Waals surface area contributed by atoms with Gasteiger partial charge in [-0.25, -0.2) is 9.67 Å². The molecule has 0 saturated carbocycles. The van der Waals surface area contributed by atoms with Crippen molar-refractivity contribution >= 4 is 28.5 Å². The number of pyridine rings is 1. The lowest BCUT2D eigenvalue weighted by atomic mass is 10.1. The van der Waals surface area contributed by atoms with Crippen molar-refractivity contribution in [3.05, 3.63) is 94.4 Å². The Morgan fingerprint density at radius 3 is 2.58 bits per heavy atom. The maximum absolute atomic E-state index is 13.6. The molecule has 2 aromatic carbocycles. The van der Waals surface area contributed by atoms with Crippen LogP contribution in [0.1, 0.15) is 25.1 Å². The van der Waals surface area contributed by atoms with Crippen LogP contribution in [-0.2, 0) is 11.2 Å². The van der Waals surface area contributed by atoms with Crippen LogP contribution < -0.4 is 5.56 Å². The highest BCUT2D eigenvalue weighted by Gasteiger charge is 2.15. The normalized spacial score (nSPS) is 11.1. The fourth-order valence-corrected chi connectivity index (χ4v) is 4.11. The van der Waals surface area contributed by atoms with Gasteiger partial charge in [-0.1, -0.05) is 16.8 Å². The van der Waals surface area contributed by atoms with Gasteiger partial charge in [0.2, 0.25) is 0 Å². The third-order valence-electron chi connectivity index (χ3n) is 5.76. The highest BCUT2D eigenvalue weighted by atomic mass is 35.5. The molecule has 1 N–H and O–H groups in total. The van der Waals surface area contributed by atoms with Crippen LogP contribution in [0.4, 0.5) is 0 Å². The van der Waals surface area contributed by atoms with Gasteiger partial charge >= 0.3 is 5.97 Å². The van der Waals surface area contributed by atoms with E-state index in [1.54, 1.807) is 70.3 Å². The van der Waals surface area contributed by atoms with Crippen LogP contribution in [-0.4, -0.2) is 40.6 Å². The Balaban J connectivity index is 1.56. The summed E-state index contributed by atoms with van der Waals surface area (Å²) in [4.78, 5) is 33.4. The number of aromatic nitrogens is 6. The Labute approximate surface area is 210 Å². The number of carboxylic acids is 1. The van der Waals surface area contributed by atoms with Crippen molar-refractivity contribution in [2.24, 2.45) is 0 Å². The molecule has 0 spiro atoms. The van der Waals surface area contributed by atoms with Crippen molar-refractivity contribution < 1.29 is 9.90 Å². The first kappa shape index (κ1) is 23.4. The maximum atomic E-state index is 13.6. The van der Waals surface area contributed by atoms with E-state index >= 15 is 0 Å². The lowest BCUT2D eigenvalue weighted by Crippen LogP contribution is -2.24. The minimum Gasteiger partial charge on any atom is -0.481 e. The average Bonchev–Trinajstić information content (AvgIpc) is 3.38. The molecule has 0 aliphatic heterocycles. The summed E-state index contributed by atoms with van der Waals surface area (Å²) in [5.41, 5.74) is 3.18. The number of fused-ring (bicyclic) bond motifs is 1. The van der Waals surface area contributed by atoms with E-state index in [2.05, 4.69) is 15.3 Å². The van der Waals surface area contributed by atoms with Crippen molar-refractivity contribution in [3.63, 3.8) is 0 Å². The Kier molecular flexibility index (Phi) is 6.55. The highest BCUT2D eigenvalue weighted by molar-refractivity contribution is 6.30. The second-order valence-corrected chi connectivity index (χ2v) is 8.67. The number of nitrogens with zero attached hydrogens (tertiary/aromatic N) is 6. The molecule has 36 heavy (non-hydrogen) atoms. The molecule has 0 bridgehead atoms. The Bertz CT molecular complexity index is 1600. The fourth-order valence-electron chi connectivity index (χ4n) is 3.98. The smallest absolute Gasteiger partial charge is 0.303 e. The van der Waals surface area contributed by atoms with Crippen LogP contribution in [0.15, 0.2) is 78.0 Å². The second kappa shape index (κ2) is 10.1. The molecule has 10 heteroatoms. The van der Waals surface area contributed by atoms with E-state index in [-0.39, 0.29) is 12.0 Å². The number of carboxylic acid groups (broad SMARTS) is 1. The molecule has 0 amide bonds. The number of hydrogen-bond acceptors (Lipinski definition) is 6. The number of benzene rings is 2. The van der Waals surface area contributed by atoms with Crippen LogP contribution in [0, 0.1) is 0 Å². The molecule has 0 saturated heterocycles. The van der Waals surface area contributed by atoms with Gasteiger partial charge < -0.3 is 5.11 Å². The van der Waals surface area contributed by atoms with Gasteiger partial charge in [-0.2, -0.15) is 0 Å². The first-order valence-corrected chi connectivity index (χ1v) is 11.7. The summed E-state index contributed by atoms with van der Waals surface area (Å²) in [6, 6.07) is 16.0. The number of carbonyl (C=O) groups is 1. The van der Waals surface area contributed by atoms with Gasteiger partial charge in [0.1, 0.15) is 11.5 Å². The molecular formula is C26H21ClN6O3. The molecule has 5 aromatic rings. The van der Waals surface area contributed by atoms with Crippen molar-refractivity contribution in [1.82, 2.24) is 29.5 Å². The Morgan fingerprint density at radius 1 is 1.03 bits per heavy atom. The number of aliphatic carboxylic acids is 1. The van der Waals surface area contributed by atoms with Crippen molar-refractivity contribution in [2.75, 3.05) is 0 Å². The summed E-state index contributed by atoms with van der Waals surface area (Å²) < 4.78 is 3.19. The minimum atomic E-state index is -0.848. The summed E-state index contributed by atoms with van der Waals surface area (Å²) in [7, 11) is 0. The zero-order valence-corrected chi connectivity index (χ0v) is 19.8. The first-order chi connectivity index (χ1) is 17.5. The molecule has 5 rings (SSSR count). The maximum Gasteiger partial charge on any atom is 0.303 e. The molecule has 0 unspecified atom stereocenters. The molecule has 0 radical (unpaired) electrons. The highest BCUT2D eigenvalue weighted by Crippen LogP contribution is 2.21. The van der Waals surface area contributed by atoms with Gasteiger partial charge in [0.15, 0.2) is 0 Å². The van der Waals surface area contributed by atoms with Crippen molar-refractivity contribution in [1.29, 1.82) is 0 Å². The van der Waals surface area contributed by atoms with Gasteiger partial charge in [-0.05, 0) is 67.4 Å². The van der Waals surface area contributed by atoms with E-state index in [0.717, 1.165) is 5.56 Å². The zero-order valence-electron chi connectivity index (χ0n) is 19.1. The third-order valence-corrected chi connectivity index (χ3v) is 6.02. The van der Waals surface area contributed by atoms with Crippen LogP contribution in [0.2, 0.25) is 5.02 Å². The van der Waals surface area contributed by atoms with E-state index in [0.29, 0.717) is 58.1 Å². The monoisotopic (exact) mass is 500 g/mol. The molecular weight excluding hydrogens is 480 g/mol. The molecule has 0 aliphatic carbocycles. The molecule has 0 aliphatic rings. The number of unbranched alkanes of at least 4 members (excludes halogenated alkanes) is 1. The SMILES string of the molecule is O=C(O)CCCCc1nc2cc(-n3cc(-c4cccnc4)nn3)ccc2c(=O)n1-c1ccc(Cl)cc1. The summed E-state index contributed by atoms with van der Waals surface area (Å²) >= 11 is 6.05. The average molecular weight is 501 g/mol. The molecule has 3 aromatic heterocycles. The van der Waals surface area contributed by atoms with E-state index in [1.165, 1.54) is 0 Å². The molecule has 9 nitrogen and oxygen atoms in total. The number of halogens is 1. The van der Waals surface area contributed by atoms with Crippen LogP contribution in [0.5, 0.6) is 0 Å². The van der Waals surface area contributed by atoms with Gasteiger partial charge in [0.25, 0.3) is 5.56 Å². The fraction of sp³-hybridized carbons (Fsp3) is 0.154. The standard InChI is InChI=1S/C26H21ClN6O3/c27-18-7-9-19(10-8-18)33-24(5-1-2-6-25(34)35)29-22-14-20(11-12-21(22)26(33)36)32-16-23(30-31-32)17-4-3-13-28-15-17/h3-4,7-16H,1-2,5-6H2,(H,34,35). The van der Waals surface area contributed by atoms with E-state index in [1.807, 2.05) is 12.1 Å². The van der Waals surface area contributed by atoms with Crippen LogP contribution >= 0.6 is 11.6 Å². The van der Waals surface area contributed by atoms with Gasteiger partial charge in [0, 0.05) is 35.8 Å². The predicted molar refractivity (Wildman–Crippen MR) is 136 cm³/mol. The van der Waals surface area contributed by atoms with Crippen LogP contribution in [0.3, 0.4) is 0 Å². The summed E-state index contributed by atoms with van der Waals surface area (Å²) in [6.45, 7) is 0. The Morgan fingerprint density at radius 2 is 1.83 bits per heavy atom. The topological polar surface area (TPSA) is 116 Å². The largest absolute Gasteiger partial charge is 0.481 e. The number of aryl methyl sites for hydroxylation is 1. The first-order valence-electron chi connectivity index (χ1n) is 11.4. The van der Waals surface area contributed by atoms with E-state index < -0.39 is 5.97 Å². The van der Waals surface area contributed by atoms with Gasteiger partial charge in [-0.15, -0.1) is 5.10 Å². The van der Waals surface area contributed by atoms with Crippen molar-refractivity contribution in [3.8, 4) is 22.6 Å². The van der Waals surface area contributed by atoms with E-state index in [4.69, 9.17) is 21.7 Å². The lowest BCUT2D eigenvalue weighted by molar-refractivity contribution is -0.137.